The summed E-state index contributed by atoms with van der Waals surface area (Å²) in [4.78, 5) is 52.2. The monoisotopic (exact) mass is 399 g/mol. The number of aromatic nitrogens is 5. The molecule has 0 aromatic carbocycles. The van der Waals surface area contributed by atoms with Gasteiger partial charge in [-0.3, -0.25) is 28.1 Å². The molecule has 0 unspecified atom stereocenters. The molecule has 1 fully saturated rings. The van der Waals surface area contributed by atoms with Crippen LogP contribution in [-0.4, -0.2) is 57.6 Å². The molecule has 0 spiro atoms. The van der Waals surface area contributed by atoms with E-state index in [1.807, 2.05) is 0 Å². The Balaban J connectivity index is 1.70. The fraction of sp³-hybridized carbons (Fsp3) is 0.385. The number of nitrogens with zero attached hydrogens (tertiary/aromatic N) is 4. The minimum Gasteiger partial charge on any atom is -0.390 e. The third-order valence-electron chi connectivity index (χ3n) is 4.16. The number of H-pyrrole nitrogens is 1. The molecule has 13 nitrogen and oxygen atoms in total. The van der Waals surface area contributed by atoms with Crippen molar-refractivity contribution in [3.8, 4) is 0 Å². The first-order valence-corrected chi connectivity index (χ1v) is 9.28. The number of aliphatic hydroxyl groups is 1. The molecule has 3 atom stereocenters. The van der Waals surface area contributed by atoms with Crippen molar-refractivity contribution in [1.29, 1.82) is 0 Å². The lowest BCUT2D eigenvalue weighted by atomic mass is 10.2. The fourth-order valence-corrected chi connectivity index (χ4v) is 3.26. The maximum atomic E-state index is 12.5. The minimum atomic E-state index is -4.70. The molecule has 14 heteroatoms. The zero-order valence-corrected chi connectivity index (χ0v) is 14.4. The molecular weight excluding hydrogens is 385 g/mol. The second-order valence-corrected chi connectivity index (χ2v) is 7.20. The number of phosphoric acid groups is 1. The Labute approximate surface area is 149 Å². The van der Waals surface area contributed by atoms with E-state index >= 15 is 0 Å². The quantitative estimate of drug-likeness (QED) is 0.376. The molecule has 4 rings (SSSR count). The number of phosphoric ester groups is 1. The molecule has 4 N–H and O–H groups in total. The second-order valence-electron chi connectivity index (χ2n) is 5.96. The van der Waals surface area contributed by atoms with E-state index in [2.05, 4.69) is 19.5 Å². The summed E-state index contributed by atoms with van der Waals surface area (Å²) in [5.41, 5.74) is -0.761. The molecule has 144 valence electrons. The average molecular weight is 399 g/mol. The van der Waals surface area contributed by atoms with Crippen molar-refractivity contribution in [3.63, 3.8) is 0 Å². The predicted octanol–water partition coefficient (Wildman–Crippen LogP) is -1.51. The van der Waals surface area contributed by atoms with Crippen LogP contribution in [0.1, 0.15) is 12.6 Å². The van der Waals surface area contributed by atoms with Crippen molar-refractivity contribution in [2.24, 2.45) is 0 Å². The topological polar surface area (TPSA) is 181 Å². The van der Waals surface area contributed by atoms with Crippen LogP contribution in [0.3, 0.4) is 0 Å². The molecule has 3 aromatic rings. The molecule has 0 bridgehead atoms. The van der Waals surface area contributed by atoms with Crippen LogP contribution >= 0.6 is 7.82 Å². The number of hydrogen-bond donors (Lipinski definition) is 4. The van der Waals surface area contributed by atoms with Crippen LogP contribution in [0.4, 0.5) is 0 Å². The van der Waals surface area contributed by atoms with E-state index in [1.165, 1.54) is 23.2 Å². The third-order valence-corrected chi connectivity index (χ3v) is 4.65. The van der Waals surface area contributed by atoms with Crippen molar-refractivity contribution < 1.29 is 28.7 Å². The number of ether oxygens (including phenoxy) is 1. The van der Waals surface area contributed by atoms with Crippen molar-refractivity contribution >= 4 is 24.8 Å². The summed E-state index contributed by atoms with van der Waals surface area (Å²) in [6.07, 6.45) is -0.178. The zero-order chi connectivity index (χ0) is 19.3. The summed E-state index contributed by atoms with van der Waals surface area (Å²) in [6, 6.07) is 1.18. The smallest absolute Gasteiger partial charge is 0.390 e. The van der Waals surface area contributed by atoms with Crippen LogP contribution in [0, 0.1) is 0 Å². The molecule has 1 aliphatic heterocycles. The Hall–Kier alpha value is -2.41. The van der Waals surface area contributed by atoms with Crippen LogP contribution in [0.15, 0.2) is 28.2 Å². The van der Waals surface area contributed by atoms with Gasteiger partial charge in [-0.25, -0.2) is 9.55 Å². The average Bonchev–Trinajstić information content (AvgIpc) is 3.15. The summed E-state index contributed by atoms with van der Waals surface area (Å²) in [5, 5.41) is 10.1. The van der Waals surface area contributed by atoms with Gasteiger partial charge in [-0.1, -0.05) is 0 Å². The lowest BCUT2D eigenvalue weighted by Crippen LogP contribution is -2.26. The first-order chi connectivity index (χ1) is 12.7. The van der Waals surface area contributed by atoms with E-state index in [4.69, 9.17) is 14.5 Å². The number of rotatable bonds is 4. The summed E-state index contributed by atoms with van der Waals surface area (Å²) in [6.45, 7) is -0.513. The maximum Gasteiger partial charge on any atom is 0.469 e. The molecule has 1 aliphatic rings. The van der Waals surface area contributed by atoms with Crippen molar-refractivity contribution in [2.45, 2.75) is 24.9 Å². The Morgan fingerprint density at radius 2 is 2.19 bits per heavy atom. The standard InChI is InChI=1S/C13H14N5O8P/c19-6-3-9(26-7(6)4-25-27(22,23)24)18-5-14-10-11(18)16-13-15-8(20)1-2-17(13)12(10)21/h1-2,5-7,9,19H,3-4H2,(H,15,16,20)(H2,22,23,24)/t6-,7+,9+/m0/s1. The SMILES string of the molecule is O=c1ccn2c(=O)c3ncn([C@H]4C[C@H](O)[C@@H](COP(=O)(O)O)O4)c3nc2[nH]1. The number of aliphatic hydroxyl groups excluding tert-OH is 1. The van der Waals surface area contributed by atoms with Crippen molar-refractivity contribution in [3.05, 3.63) is 39.3 Å². The number of aromatic amines is 1. The number of imidazole rings is 1. The molecule has 3 aromatic heterocycles. The fourth-order valence-electron chi connectivity index (χ4n) is 2.92. The summed E-state index contributed by atoms with van der Waals surface area (Å²) < 4.78 is 23.3. The highest BCUT2D eigenvalue weighted by Crippen LogP contribution is 2.38. The first-order valence-electron chi connectivity index (χ1n) is 7.75. The largest absolute Gasteiger partial charge is 0.469 e. The van der Waals surface area contributed by atoms with E-state index < -0.39 is 44.0 Å². The van der Waals surface area contributed by atoms with Gasteiger partial charge in [-0.05, 0) is 0 Å². The Bertz CT molecular complexity index is 1180. The summed E-state index contributed by atoms with van der Waals surface area (Å²) in [7, 11) is -4.70. The van der Waals surface area contributed by atoms with Crippen LogP contribution in [0.25, 0.3) is 16.9 Å². The number of fused-ring (bicyclic) bond motifs is 2. The number of hydrogen-bond acceptors (Lipinski definition) is 8. The first kappa shape index (κ1) is 18.0. The minimum absolute atomic E-state index is 0.0154. The van der Waals surface area contributed by atoms with Crippen LogP contribution in [0.2, 0.25) is 0 Å². The highest BCUT2D eigenvalue weighted by atomic mass is 31.2. The molecule has 1 saturated heterocycles. The van der Waals surface area contributed by atoms with Crippen LogP contribution < -0.4 is 11.1 Å². The number of nitrogens with one attached hydrogen (secondary N) is 1. The van der Waals surface area contributed by atoms with Gasteiger partial charge < -0.3 is 19.6 Å². The molecule has 27 heavy (non-hydrogen) atoms. The highest BCUT2D eigenvalue weighted by Gasteiger charge is 2.37. The van der Waals surface area contributed by atoms with E-state index in [0.717, 1.165) is 4.40 Å². The maximum absolute atomic E-state index is 12.5. The van der Waals surface area contributed by atoms with Gasteiger partial charge in [0, 0.05) is 18.7 Å². The van der Waals surface area contributed by atoms with E-state index in [9.17, 15) is 19.3 Å². The van der Waals surface area contributed by atoms with Crippen LogP contribution in [-0.2, 0) is 13.8 Å². The van der Waals surface area contributed by atoms with Crippen molar-refractivity contribution in [1.82, 2.24) is 23.9 Å². The Kier molecular flexibility index (Phi) is 4.22. The van der Waals surface area contributed by atoms with Gasteiger partial charge in [0.1, 0.15) is 12.3 Å². The van der Waals surface area contributed by atoms with Gasteiger partial charge in [-0.2, -0.15) is 4.98 Å². The summed E-state index contributed by atoms with van der Waals surface area (Å²) in [5.74, 6) is 0.0154. The lowest BCUT2D eigenvalue weighted by molar-refractivity contribution is -0.0424. The van der Waals surface area contributed by atoms with E-state index in [1.54, 1.807) is 0 Å². The van der Waals surface area contributed by atoms with E-state index in [-0.39, 0.29) is 23.4 Å². The molecular formula is C13H14N5O8P. The van der Waals surface area contributed by atoms with E-state index in [0.29, 0.717) is 0 Å². The van der Waals surface area contributed by atoms with Crippen molar-refractivity contribution in [2.75, 3.05) is 6.61 Å². The highest BCUT2D eigenvalue weighted by molar-refractivity contribution is 7.46. The van der Waals surface area contributed by atoms with Gasteiger partial charge in [0.2, 0.25) is 5.78 Å². The molecule has 0 amide bonds. The van der Waals surface area contributed by atoms with Gasteiger partial charge in [-0.15, -0.1) is 0 Å². The Morgan fingerprint density at radius 3 is 2.93 bits per heavy atom. The zero-order valence-electron chi connectivity index (χ0n) is 13.5. The lowest BCUT2D eigenvalue weighted by Gasteiger charge is -2.16. The van der Waals surface area contributed by atoms with Gasteiger partial charge in [0.05, 0.1) is 19.0 Å². The van der Waals surface area contributed by atoms with Gasteiger partial charge in [0.25, 0.3) is 11.1 Å². The molecule has 0 saturated carbocycles. The predicted molar refractivity (Wildman–Crippen MR) is 87.9 cm³/mol. The Morgan fingerprint density at radius 1 is 1.41 bits per heavy atom. The normalized spacial score (nSPS) is 23.4. The molecule has 0 radical (unpaired) electrons. The van der Waals surface area contributed by atoms with Crippen LogP contribution in [0.5, 0.6) is 0 Å². The van der Waals surface area contributed by atoms with Gasteiger partial charge in [0.15, 0.2) is 11.2 Å². The third kappa shape index (κ3) is 3.32. The molecule has 4 heterocycles. The molecule has 0 aliphatic carbocycles. The second kappa shape index (κ2) is 6.34. The summed E-state index contributed by atoms with van der Waals surface area (Å²) >= 11 is 0. The van der Waals surface area contributed by atoms with Gasteiger partial charge >= 0.3 is 7.82 Å².